The Bertz CT molecular complexity index is 698. The minimum atomic E-state index is -0.553. The Morgan fingerprint density at radius 1 is 1.07 bits per heavy atom. The van der Waals surface area contributed by atoms with Gasteiger partial charge in [0.2, 0.25) is 5.91 Å². The first-order valence-corrected chi connectivity index (χ1v) is 9.44. The van der Waals surface area contributed by atoms with Gasteiger partial charge in [0.1, 0.15) is 16.8 Å². The lowest BCUT2D eigenvalue weighted by atomic mass is 9.73. The van der Waals surface area contributed by atoms with Crippen molar-refractivity contribution >= 4 is 17.7 Å². The van der Waals surface area contributed by atoms with Crippen molar-refractivity contribution in [2.45, 2.75) is 72.1 Å². The van der Waals surface area contributed by atoms with Gasteiger partial charge in [-0.2, -0.15) is 0 Å². The van der Waals surface area contributed by atoms with E-state index in [4.69, 9.17) is 9.47 Å². The highest BCUT2D eigenvalue weighted by Crippen LogP contribution is 2.39. The zero-order valence-corrected chi connectivity index (χ0v) is 16.8. The first-order chi connectivity index (χ1) is 12.6. The SMILES string of the molecule is CCC1(CC)C(=O)NC1Oc1ccc(C(=O)CCC(=O)OC(C)(C)C)cc1. The Balaban J connectivity index is 1.90. The molecule has 2 rings (SSSR count). The monoisotopic (exact) mass is 375 g/mol. The molecule has 0 spiro atoms. The van der Waals surface area contributed by atoms with E-state index < -0.39 is 11.0 Å². The number of hydrogen-bond donors (Lipinski definition) is 1. The molecule has 1 aromatic carbocycles. The van der Waals surface area contributed by atoms with Crippen molar-refractivity contribution in [3.63, 3.8) is 0 Å². The predicted molar refractivity (Wildman–Crippen MR) is 101 cm³/mol. The molecule has 27 heavy (non-hydrogen) atoms. The van der Waals surface area contributed by atoms with E-state index in [2.05, 4.69) is 5.32 Å². The van der Waals surface area contributed by atoms with E-state index in [0.717, 1.165) is 0 Å². The van der Waals surface area contributed by atoms with E-state index >= 15 is 0 Å². The second kappa shape index (κ2) is 8.11. The van der Waals surface area contributed by atoms with Gasteiger partial charge in [-0.15, -0.1) is 0 Å². The van der Waals surface area contributed by atoms with Gasteiger partial charge in [0.15, 0.2) is 12.0 Å². The third kappa shape index (κ3) is 4.87. The van der Waals surface area contributed by atoms with Crippen LogP contribution >= 0.6 is 0 Å². The fourth-order valence-corrected chi connectivity index (χ4v) is 3.13. The molecule has 1 unspecified atom stereocenters. The number of carbonyl (C=O) groups excluding carboxylic acids is 3. The average Bonchev–Trinajstić information content (AvgIpc) is 2.59. The van der Waals surface area contributed by atoms with Gasteiger partial charge >= 0.3 is 5.97 Å². The molecule has 0 radical (unpaired) electrons. The van der Waals surface area contributed by atoms with Crippen molar-refractivity contribution in [3.8, 4) is 5.75 Å². The van der Waals surface area contributed by atoms with Crippen LogP contribution in [0.4, 0.5) is 0 Å². The van der Waals surface area contributed by atoms with Crippen molar-refractivity contribution in [3.05, 3.63) is 29.8 Å². The zero-order chi connectivity index (χ0) is 20.2. The van der Waals surface area contributed by atoms with Crippen molar-refractivity contribution in [2.75, 3.05) is 0 Å². The van der Waals surface area contributed by atoms with Crippen LogP contribution in [0.25, 0.3) is 0 Å². The Hall–Kier alpha value is -2.37. The third-order valence-corrected chi connectivity index (χ3v) is 4.88. The van der Waals surface area contributed by atoms with Crippen LogP contribution in [-0.4, -0.2) is 29.5 Å². The molecular formula is C21H29NO5. The molecule has 1 amide bonds. The Morgan fingerprint density at radius 3 is 2.15 bits per heavy atom. The number of hydrogen-bond acceptors (Lipinski definition) is 5. The number of rotatable bonds is 8. The average molecular weight is 375 g/mol. The first-order valence-electron chi connectivity index (χ1n) is 9.44. The molecule has 1 heterocycles. The number of ether oxygens (including phenoxy) is 2. The summed E-state index contributed by atoms with van der Waals surface area (Å²) in [6, 6.07) is 6.77. The van der Waals surface area contributed by atoms with Crippen LogP contribution < -0.4 is 10.1 Å². The lowest BCUT2D eigenvalue weighted by Gasteiger charge is -2.47. The highest BCUT2D eigenvalue weighted by molar-refractivity contribution is 5.97. The van der Waals surface area contributed by atoms with Gasteiger partial charge in [0, 0.05) is 12.0 Å². The normalized spacial score (nSPS) is 18.3. The number of Topliss-reactive ketones (excluding diaryl/α,β-unsaturated/α-hetero) is 1. The number of esters is 1. The standard InChI is InChI=1S/C21H29NO5/c1-6-21(7-2)18(25)22-19(21)26-15-10-8-14(9-11-15)16(23)12-13-17(24)27-20(3,4)5/h8-11,19H,6-7,12-13H2,1-5H3,(H,22,25). The van der Waals surface area contributed by atoms with E-state index in [-0.39, 0.29) is 36.7 Å². The maximum Gasteiger partial charge on any atom is 0.306 e. The molecule has 0 saturated carbocycles. The van der Waals surface area contributed by atoms with Gasteiger partial charge in [0.25, 0.3) is 0 Å². The van der Waals surface area contributed by atoms with Gasteiger partial charge in [-0.05, 0) is 57.9 Å². The van der Waals surface area contributed by atoms with Crippen LogP contribution in [0.1, 0.15) is 70.7 Å². The minimum absolute atomic E-state index is 0.0199. The Labute approximate surface area is 160 Å². The van der Waals surface area contributed by atoms with Gasteiger partial charge in [-0.3, -0.25) is 14.4 Å². The van der Waals surface area contributed by atoms with Crippen LogP contribution in [0.3, 0.4) is 0 Å². The smallest absolute Gasteiger partial charge is 0.306 e. The molecule has 6 heteroatoms. The number of benzene rings is 1. The quantitative estimate of drug-likeness (QED) is 0.426. The third-order valence-electron chi connectivity index (χ3n) is 4.88. The van der Waals surface area contributed by atoms with Crippen molar-refractivity contribution in [2.24, 2.45) is 5.41 Å². The Morgan fingerprint density at radius 2 is 1.67 bits per heavy atom. The summed E-state index contributed by atoms with van der Waals surface area (Å²) in [5.74, 6) is 0.106. The summed E-state index contributed by atoms with van der Waals surface area (Å²) in [6.07, 6.45) is 1.22. The maximum absolute atomic E-state index is 12.2. The zero-order valence-electron chi connectivity index (χ0n) is 16.8. The van der Waals surface area contributed by atoms with Crippen LogP contribution in [0, 0.1) is 5.41 Å². The van der Waals surface area contributed by atoms with Crippen molar-refractivity contribution in [1.82, 2.24) is 5.32 Å². The van der Waals surface area contributed by atoms with Gasteiger partial charge < -0.3 is 14.8 Å². The van der Waals surface area contributed by atoms with Gasteiger partial charge in [-0.1, -0.05) is 13.8 Å². The molecule has 1 saturated heterocycles. The van der Waals surface area contributed by atoms with Gasteiger partial charge in [0.05, 0.1) is 6.42 Å². The molecular weight excluding hydrogens is 346 g/mol. The molecule has 6 nitrogen and oxygen atoms in total. The number of carbonyl (C=O) groups is 3. The first kappa shape index (κ1) is 20.9. The summed E-state index contributed by atoms with van der Waals surface area (Å²) in [7, 11) is 0. The lowest BCUT2D eigenvalue weighted by Crippen LogP contribution is -2.69. The van der Waals surface area contributed by atoms with Crippen LogP contribution in [-0.2, 0) is 14.3 Å². The molecule has 0 aliphatic carbocycles. The molecule has 148 valence electrons. The summed E-state index contributed by atoms with van der Waals surface area (Å²) in [6.45, 7) is 9.33. The number of amides is 1. The van der Waals surface area contributed by atoms with E-state index in [9.17, 15) is 14.4 Å². The number of ketones is 1. The second-order valence-corrected chi connectivity index (χ2v) is 7.87. The molecule has 1 aliphatic rings. The summed E-state index contributed by atoms with van der Waals surface area (Å²) >= 11 is 0. The number of β-lactam (4-membered cyclic amide) rings is 1. The van der Waals surface area contributed by atoms with Crippen molar-refractivity contribution < 1.29 is 23.9 Å². The van der Waals surface area contributed by atoms with Crippen LogP contribution in [0.15, 0.2) is 24.3 Å². The molecule has 1 aromatic rings. The van der Waals surface area contributed by atoms with E-state index in [1.165, 1.54) is 0 Å². The molecule has 0 aromatic heterocycles. The summed E-state index contributed by atoms with van der Waals surface area (Å²) in [5.41, 5.74) is -0.523. The highest BCUT2D eigenvalue weighted by Gasteiger charge is 2.54. The maximum atomic E-state index is 12.2. The summed E-state index contributed by atoms with van der Waals surface area (Å²) in [5, 5.41) is 2.79. The largest absolute Gasteiger partial charge is 0.470 e. The fourth-order valence-electron chi connectivity index (χ4n) is 3.13. The topological polar surface area (TPSA) is 81.7 Å². The molecule has 1 N–H and O–H groups in total. The molecule has 1 fully saturated rings. The summed E-state index contributed by atoms with van der Waals surface area (Å²) < 4.78 is 11.1. The predicted octanol–water partition coefficient (Wildman–Crippen LogP) is 3.63. The second-order valence-electron chi connectivity index (χ2n) is 7.87. The van der Waals surface area contributed by atoms with Crippen LogP contribution in [0.5, 0.6) is 5.75 Å². The van der Waals surface area contributed by atoms with Crippen molar-refractivity contribution in [1.29, 1.82) is 0 Å². The molecule has 0 bridgehead atoms. The molecule has 1 atom stereocenters. The lowest BCUT2D eigenvalue weighted by molar-refractivity contribution is -0.161. The van der Waals surface area contributed by atoms with E-state index in [1.807, 2.05) is 13.8 Å². The Kier molecular flexibility index (Phi) is 6.29. The fraction of sp³-hybridized carbons (Fsp3) is 0.571. The highest BCUT2D eigenvalue weighted by atomic mass is 16.6. The number of nitrogens with one attached hydrogen (secondary N) is 1. The van der Waals surface area contributed by atoms with E-state index in [0.29, 0.717) is 24.2 Å². The summed E-state index contributed by atoms with van der Waals surface area (Å²) in [4.78, 5) is 35.9. The van der Waals surface area contributed by atoms with Gasteiger partial charge in [-0.25, -0.2) is 0 Å². The minimum Gasteiger partial charge on any atom is -0.470 e. The van der Waals surface area contributed by atoms with Crippen LogP contribution in [0.2, 0.25) is 0 Å². The van der Waals surface area contributed by atoms with E-state index in [1.54, 1.807) is 45.0 Å². The molecule has 1 aliphatic heterocycles.